The summed E-state index contributed by atoms with van der Waals surface area (Å²) in [5, 5.41) is 0. The summed E-state index contributed by atoms with van der Waals surface area (Å²) in [7, 11) is 0. The number of halogens is 1. The van der Waals surface area contributed by atoms with Gasteiger partial charge in [-0.2, -0.15) is 0 Å². The molecule has 0 bridgehead atoms. The van der Waals surface area contributed by atoms with E-state index >= 15 is 0 Å². The molecular formula is C12H17BrN2. The van der Waals surface area contributed by atoms with Crippen LogP contribution >= 0.6 is 15.9 Å². The van der Waals surface area contributed by atoms with Crippen LogP contribution in [0.5, 0.6) is 0 Å². The molecule has 1 aliphatic rings. The largest absolute Gasteiger partial charge is 0.353 e. The van der Waals surface area contributed by atoms with Gasteiger partial charge in [-0.15, -0.1) is 0 Å². The minimum atomic E-state index is 0.665. The Kier molecular flexibility index (Phi) is 3.29. The molecule has 0 aromatic carbocycles. The minimum absolute atomic E-state index is 0.665. The first-order chi connectivity index (χ1) is 7.22. The van der Waals surface area contributed by atoms with Gasteiger partial charge in [0.1, 0.15) is 5.82 Å². The standard InChI is InChI=1S/C12H17BrN2/c1-3-11-9(2)6-7-15(11)12-5-4-10(13)8-14-12/h4-5,8-9,11H,3,6-7H2,1-2H3. The number of nitrogens with zero attached hydrogens (tertiary/aromatic N) is 2. The molecule has 1 aromatic heterocycles. The third-order valence-corrected chi connectivity index (χ3v) is 3.78. The first-order valence-electron chi connectivity index (χ1n) is 5.60. The number of anilines is 1. The molecule has 3 heteroatoms. The molecule has 2 nitrogen and oxygen atoms in total. The molecule has 1 saturated heterocycles. The maximum Gasteiger partial charge on any atom is 0.128 e. The Hall–Kier alpha value is -0.570. The molecule has 0 aliphatic carbocycles. The van der Waals surface area contributed by atoms with Gasteiger partial charge in [-0.25, -0.2) is 4.98 Å². The molecule has 2 heterocycles. The van der Waals surface area contributed by atoms with E-state index < -0.39 is 0 Å². The summed E-state index contributed by atoms with van der Waals surface area (Å²) in [6.07, 6.45) is 4.38. The summed E-state index contributed by atoms with van der Waals surface area (Å²) < 4.78 is 1.05. The molecule has 15 heavy (non-hydrogen) atoms. The number of rotatable bonds is 2. The first-order valence-corrected chi connectivity index (χ1v) is 6.40. The molecule has 2 unspecified atom stereocenters. The summed E-state index contributed by atoms with van der Waals surface area (Å²) in [5.74, 6) is 1.91. The smallest absolute Gasteiger partial charge is 0.128 e. The van der Waals surface area contributed by atoms with E-state index in [1.807, 2.05) is 6.20 Å². The van der Waals surface area contributed by atoms with Crippen LogP contribution in [0.4, 0.5) is 5.82 Å². The minimum Gasteiger partial charge on any atom is -0.353 e. The second-order valence-electron chi connectivity index (χ2n) is 4.27. The first kappa shape index (κ1) is 10.9. The van der Waals surface area contributed by atoms with Gasteiger partial charge in [0.05, 0.1) is 0 Å². The third kappa shape index (κ3) is 2.17. The van der Waals surface area contributed by atoms with E-state index in [4.69, 9.17) is 0 Å². The average molecular weight is 269 g/mol. The van der Waals surface area contributed by atoms with Crippen molar-refractivity contribution in [1.82, 2.24) is 4.98 Å². The van der Waals surface area contributed by atoms with Crippen LogP contribution in [0.25, 0.3) is 0 Å². The quantitative estimate of drug-likeness (QED) is 0.817. The van der Waals surface area contributed by atoms with Crippen molar-refractivity contribution in [1.29, 1.82) is 0 Å². The maximum absolute atomic E-state index is 4.47. The number of aromatic nitrogens is 1. The SMILES string of the molecule is CCC1C(C)CCN1c1ccc(Br)cn1. The average Bonchev–Trinajstić information content (AvgIpc) is 2.61. The fourth-order valence-corrected chi connectivity index (χ4v) is 2.69. The van der Waals surface area contributed by atoms with E-state index in [0.29, 0.717) is 6.04 Å². The Labute approximate surface area is 99.8 Å². The highest BCUT2D eigenvalue weighted by Crippen LogP contribution is 2.30. The van der Waals surface area contributed by atoms with E-state index in [1.165, 1.54) is 12.8 Å². The van der Waals surface area contributed by atoms with Gasteiger partial charge in [0, 0.05) is 23.3 Å². The molecule has 0 spiro atoms. The van der Waals surface area contributed by atoms with Gasteiger partial charge in [-0.1, -0.05) is 13.8 Å². The monoisotopic (exact) mass is 268 g/mol. The van der Waals surface area contributed by atoms with Crippen LogP contribution in [0.3, 0.4) is 0 Å². The molecule has 0 N–H and O–H groups in total. The van der Waals surface area contributed by atoms with E-state index in [9.17, 15) is 0 Å². The maximum atomic E-state index is 4.47. The number of pyridine rings is 1. The van der Waals surface area contributed by atoms with E-state index in [-0.39, 0.29) is 0 Å². The van der Waals surface area contributed by atoms with Gasteiger partial charge in [0.15, 0.2) is 0 Å². The van der Waals surface area contributed by atoms with Crippen molar-refractivity contribution in [2.24, 2.45) is 5.92 Å². The highest BCUT2D eigenvalue weighted by Gasteiger charge is 2.30. The molecule has 0 amide bonds. The fraction of sp³-hybridized carbons (Fsp3) is 0.583. The molecule has 1 aromatic rings. The number of hydrogen-bond acceptors (Lipinski definition) is 2. The van der Waals surface area contributed by atoms with Crippen molar-refractivity contribution in [2.45, 2.75) is 32.7 Å². The molecule has 82 valence electrons. The van der Waals surface area contributed by atoms with Gasteiger partial charge < -0.3 is 4.90 Å². The Morgan fingerprint density at radius 1 is 1.53 bits per heavy atom. The molecule has 2 atom stereocenters. The van der Waals surface area contributed by atoms with Gasteiger partial charge in [-0.05, 0) is 46.8 Å². The van der Waals surface area contributed by atoms with E-state index in [2.05, 4.69) is 51.8 Å². The fourth-order valence-electron chi connectivity index (χ4n) is 2.45. The highest BCUT2D eigenvalue weighted by molar-refractivity contribution is 9.10. The van der Waals surface area contributed by atoms with Gasteiger partial charge >= 0.3 is 0 Å². The summed E-state index contributed by atoms with van der Waals surface area (Å²) in [6, 6.07) is 4.83. The molecule has 2 rings (SSSR count). The summed E-state index contributed by atoms with van der Waals surface area (Å²) in [4.78, 5) is 6.91. The van der Waals surface area contributed by atoms with Crippen molar-refractivity contribution in [3.8, 4) is 0 Å². The van der Waals surface area contributed by atoms with Crippen molar-refractivity contribution in [3.63, 3.8) is 0 Å². The Morgan fingerprint density at radius 2 is 2.33 bits per heavy atom. The Balaban J connectivity index is 2.20. The van der Waals surface area contributed by atoms with E-state index in [0.717, 1.165) is 22.8 Å². The zero-order valence-electron chi connectivity index (χ0n) is 9.28. The van der Waals surface area contributed by atoms with Gasteiger partial charge in [0.2, 0.25) is 0 Å². The van der Waals surface area contributed by atoms with Crippen LogP contribution in [0.1, 0.15) is 26.7 Å². The summed E-state index contributed by atoms with van der Waals surface area (Å²) >= 11 is 3.42. The van der Waals surface area contributed by atoms with Gasteiger partial charge in [-0.3, -0.25) is 0 Å². The second-order valence-corrected chi connectivity index (χ2v) is 5.19. The van der Waals surface area contributed by atoms with Crippen LogP contribution in [-0.4, -0.2) is 17.6 Å². The lowest BCUT2D eigenvalue weighted by Crippen LogP contribution is -2.31. The predicted molar refractivity (Wildman–Crippen MR) is 67.1 cm³/mol. The highest BCUT2D eigenvalue weighted by atomic mass is 79.9. The predicted octanol–water partition coefficient (Wildman–Crippen LogP) is 3.47. The molecule has 1 aliphatic heterocycles. The van der Waals surface area contributed by atoms with Crippen LogP contribution in [0.2, 0.25) is 0 Å². The van der Waals surface area contributed by atoms with Gasteiger partial charge in [0.25, 0.3) is 0 Å². The van der Waals surface area contributed by atoms with Crippen LogP contribution < -0.4 is 4.90 Å². The second kappa shape index (κ2) is 4.52. The molecule has 1 fully saturated rings. The topological polar surface area (TPSA) is 16.1 Å². The van der Waals surface area contributed by atoms with Crippen LogP contribution in [0.15, 0.2) is 22.8 Å². The normalized spacial score (nSPS) is 25.9. The lowest BCUT2D eigenvalue weighted by atomic mass is 10.0. The summed E-state index contributed by atoms with van der Waals surface area (Å²) in [5.41, 5.74) is 0. The van der Waals surface area contributed by atoms with E-state index in [1.54, 1.807) is 0 Å². The van der Waals surface area contributed by atoms with Crippen molar-refractivity contribution in [2.75, 3.05) is 11.4 Å². The third-order valence-electron chi connectivity index (χ3n) is 3.31. The van der Waals surface area contributed by atoms with Crippen LogP contribution in [-0.2, 0) is 0 Å². The zero-order chi connectivity index (χ0) is 10.8. The summed E-state index contributed by atoms with van der Waals surface area (Å²) in [6.45, 7) is 5.75. The Morgan fingerprint density at radius 3 is 2.93 bits per heavy atom. The lowest BCUT2D eigenvalue weighted by Gasteiger charge is -2.26. The number of hydrogen-bond donors (Lipinski definition) is 0. The van der Waals surface area contributed by atoms with Crippen LogP contribution in [0, 0.1) is 5.92 Å². The lowest BCUT2D eigenvalue weighted by molar-refractivity contribution is 0.497. The van der Waals surface area contributed by atoms with Crippen molar-refractivity contribution in [3.05, 3.63) is 22.8 Å². The zero-order valence-corrected chi connectivity index (χ0v) is 10.9. The molecular weight excluding hydrogens is 252 g/mol. The molecule has 0 radical (unpaired) electrons. The Bertz CT molecular complexity index is 323. The van der Waals surface area contributed by atoms with Crippen molar-refractivity contribution >= 4 is 21.7 Å². The van der Waals surface area contributed by atoms with Crippen molar-refractivity contribution < 1.29 is 0 Å². The molecule has 0 saturated carbocycles.